The van der Waals surface area contributed by atoms with Crippen LogP contribution in [-0.2, 0) is 9.22 Å². The van der Waals surface area contributed by atoms with Crippen LogP contribution in [0.15, 0.2) is 60.7 Å². The van der Waals surface area contributed by atoms with Crippen molar-refractivity contribution in [2.45, 2.75) is 32.2 Å². The first-order valence-electron chi connectivity index (χ1n) is 7.71. The van der Waals surface area contributed by atoms with Crippen molar-refractivity contribution in [2.24, 2.45) is 0 Å². The highest BCUT2D eigenvalue weighted by Gasteiger charge is 2.49. The Bertz CT molecular complexity index is 548. The smallest absolute Gasteiger partial charge is 0.261 e. The predicted octanol–water partition coefficient (Wildman–Crippen LogP) is 3.15. The first kappa shape index (κ1) is 16.7. The molecule has 0 saturated heterocycles. The van der Waals surface area contributed by atoms with Crippen molar-refractivity contribution >= 4 is 25.0 Å². The number of hydrogen-bond donors (Lipinski definition) is 0. The van der Waals surface area contributed by atoms with E-state index in [2.05, 4.69) is 69.3 Å². The zero-order chi connectivity index (χ0) is 16.1. The molecule has 0 saturated carbocycles. The molecule has 0 amide bonds. The van der Waals surface area contributed by atoms with E-state index in [0.29, 0.717) is 13.0 Å². The molecule has 0 fully saturated rings. The molecule has 2 aromatic rings. The Morgan fingerprint density at radius 2 is 1.36 bits per heavy atom. The molecule has 0 aliphatic rings. The molecular weight excluding hydrogens is 288 g/mol. The molecule has 3 heteroatoms. The van der Waals surface area contributed by atoms with Gasteiger partial charge in [0.1, 0.15) is 6.29 Å². The zero-order valence-electron chi connectivity index (χ0n) is 13.6. The van der Waals surface area contributed by atoms with Gasteiger partial charge in [-0.3, -0.25) is 0 Å². The monoisotopic (exact) mass is 312 g/mol. The van der Waals surface area contributed by atoms with Crippen molar-refractivity contribution in [3.8, 4) is 0 Å². The molecule has 0 aliphatic carbocycles. The third-order valence-corrected chi connectivity index (χ3v) is 9.01. The van der Waals surface area contributed by atoms with E-state index in [9.17, 15) is 4.79 Å². The fraction of sp³-hybridized carbons (Fsp3) is 0.316. The van der Waals surface area contributed by atoms with E-state index < -0.39 is 8.32 Å². The lowest BCUT2D eigenvalue weighted by atomic mass is 10.2. The average molecular weight is 312 g/mol. The second kappa shape index (κ2) is 7.03. The van der Waals surface area contributed by atoms with Crippen LogP contribution in [0.3, 0.4) is 0 Å². The summed E-state index contributed by atoms with van der Waals surface area (Å²) in [5.41, 5.74) is 0. The summed E-state index contributed by atoms with van der Waals surface area (Å²) in [6, 6.07) is 20.9. The Kier molecular flexibility index (Phi) is 5.32. The van der Waals surface area contributed by atoms with Crippen molar-refractivity contribution in [2.75, 3.05) is 6.61 Å². The Labute approximate surface area is 134 Å². The van der Waals surface area contributed by atoms with Gasteiger partial charge in [-0.1, -0.05) is 81.4 Å². The minimum atomic E-state index is -2.45. The van der Waals surface area contributed by atoms with Gasteiger partial charge >= 0.3 is 0 Å². The molecule has 0 atom stereocenters. The van der Waals surface area contributed by atoms with Gasteiger partial charge in [0, 0.05) is 13.0 Å². The number of benzene rings is 2. The van der Waals surface area contributed by atoms with Crippen LogP contribution in [-0.4, -0.2) is 21.2 Å². The van der Waals surface area contributed by atoms with Crippen LogP contribution in [0.5, 0.6) is 0 Å². The molecule has 0 unspecified atom stereocenters. The molecular formula is C19H24O2Si. The van der Waals surface area contributed by atoms with Gasteiger partial charge < -0.3 is 9.22 Å². The van der Waals surface area contributed by atoms with E-state index in [0.717, 1.165) is 6.29 Å². The van der Waals surface area contributed by atoms with Gasteiger partial charge in [-0.2, -0.15) is 0 Å². The fourth-order valence-corrected chi connectivity index (χ4v) is 7.60. The summed E-state index contributed by atoms with van der Waals surface area (Å²) in [5.74, 6) is 0. The Hall–Kier alpha value is -1.71. The molecule has 116 valence electrons. The minimum absolute atomic E-state index is 0.0292. The van der Waals surface area contributed by atoms with Crippen LogP contribution < -0.4 is 10.4 Å². The van der Waals surface area contributed by atoms with E-state index >= 15 is 0 Å². The number of aldehydes is 1. The average Bonchev–Trinajstić information content (AvgIpc) is 2.52. The van der Waals surface area contributed by atoms with Gasteiger partial charge in [-0.05, 0) is 15.4 Å². The number of carbonyl (C=O) groups is 1. The summed E-state index contributed by atoms with van der Waals surface area (Å²) in [6.07, 6.45) is 1.36. The molecule has 0 heterocycles. The molecule has 0 radical (unpaired) electrons. The molecule has 0 N–H and O–H groups in total. The molecule has 0 aliphatic heterocycles. The largest absolute Gasteiger partial charge is 0.407 e. The fourth-order valence-electron chi connectivity index (χ4n) is 3.02. The van der Waals surface area contributed by atoms with Gasteiger partial charge in [0.25, 0.3) is 8.32 Å². The van der Waals surface area contributed by atoms with Crippen molar-refractivity contribution in [1.29, 1.82) is 0 Å². The van der Waals surface area contributed by atoms with Gasteiger partial charge in [0.15, 0.2) is 0 Å². The highest BCUT2D eigenvalue weighted by molar-refractivity contribution is 6.99. The maximum absolute atomic E-state index is 10.7. The molecule has 0 bridgehead atoms. The topological polar surface area (TPSA) is 26.3 Å². The number of carbonyl (C=O) groups excluding carboxylic acids is 1. The molecule has 0 spiro atoms. The van der Waals surface area contributed by atoms with Gasteiger partial charge in [-0.15, -0.1) is 0 Å². The second-order valence-corrected chi connectivity index (χ2v) is 10.8. The summed E-state index contributed by atoms with van der Waals surface area (Å²) >= 11 is 0. The highest BCUT2D eigenvalue weighted by atomic mass is 28.4. The maximum Gasteiger partial charge on any atom is 0.261 e. The molecule has 2 rings (SSSR count). The predicted molar refractivity (Wildman–Crippen MR) is 94.3 cm³/mol. The lowest BCUT2D eigenvalue weighted by Crippen LogP contribution is -2.66. The van der Waals surface area contributed by atoms with Gasteiger partial charge in [-0.25, -0.2) is 0 Å². The van der Waals surface area contributed by atoms with Crippen LogP contribution in [0, 0.1) is 0 Å². The third-order valence-electron chi connectivity index (χ3n) is 3.97. The molecule has 2 nitrogen and oxygen atoms in total. The third kappa shape index (κ3) is 3.21. The van der Waals surface area contributed by atoms with Crippen molar-refractivity contribution < 1.29 is 9.22 Å². The van der Waals surface area contributed by atoms with Crippen LogP contribution in [0.25, 0.3) is 0 Å². The number of hydrogen-bond acceptors (Lipinski definition) is 2. The lowest BCUT2D eigenvalue weighted by molar-refractivity contribution is -0.108. The van der Waals surface area contributed by atoms with E-state index in [1.807, 2.05) is 12.1 Å². The van der Waals surface area contributed by atoms with E-state index in [1.54, 1.807) is 0 Å². The summed E-state index contributed by atoms with van der Waals surface area (Å²) in [7, 11) is -2.45. The Balaban J connectivity index is 2.61. The van der Waals surface area contributed by atoms with E-state index in [1.165, 1.54) is 10.4 Å². The SMILES string of the molecule is CC(C)(C)[Si](OCCC=O)(c1ccccc1)c1ccccc1. The van der Waals surface area contributed by atoms with Crippen molar-refractivity contribution in [3.63, 3.8) is 0 Å². The molecule has 2 aromatic carbocycles. The minimum Gasteiger partial charge on any atom is -0.407 e. The Morgan fingerprint density at radius 3 is 1.73 bits per heavy atom. The highest BCUT2D eigenvalue weighted by Crippen LogP contribution is 2.36. The number of rotatable bonds is 6. The molecule has 22 heavy (non-hydrogen) atoms. The van der Waals surface area contributed by atoms with Crippen molar-refractivity contribution in [3.05, 3.63) is 60.7 Å². The van der Waals surface area contributed by atoms with Crippen LogP contribution in [0.2, 0.25) is 5.04 Å². The van der Waals surface area contributed by atoms with E-state index in [4.69, 9.17) is 4.43 Å². The van der Waals surface area contributed by atoms with Crippen LogP contribution >= 0.6 is 0 Å². The van der Waals surface area contributed by atoms with Crippen molar-refractivity contribution in [1.82, 2.24) is 0 Å². The first-order valence-corrected chi connectivity index (χ1v) is 9.62. The summed E-state index contributed by atoms with van der Waals surface area (Å²) in [6.45, 7) is 7.18. The summed E-state index contributed by atoms with van der Waals surface area (Å²) in [4.78, 5) is 10.7. The lowest BCUT2D eigenvalue weighted by Gasteiger charge is -2.43. The quantitative estimate of drug-likeness (QED) is 0.465. The van der Waals surface area contributed by atoms with Crippen LogP contribution in [0.1, 0.15) is 27.2 Å². The maximum atomic E-state index is 10.7. The first-order chi connectivity index (χ1) is 10.5. The Morgan fingerprint density at radius 1 is 0.909 bits per heavy atom. The standard InChI is InChI=1S/C19H24O2Si/c1-19(2,3)22(21-16-10-15-20,17-11-6-4-7-12-17)18-13-8-5-9-14-18/h4-9,11-15H,10,16H2,1-3H3. The van der Waals surface area contributed by atoms with Crippen LogP contribution in [0.4, 0.5) is 0 Å². The normalized spacial score (nSPS) is 12.1. The van der Waals surface area contributed by atoms with Gasteiger partial charge in [0.2, 0.25) is 0 Å². The van der Waals surface area contributed by atoms with Gasteiger partial charge in [0.05, 0.1) is 0 Å². The summed E-state index contributed by atoms with van der Waals surface area (Å²) in [5, 5.41) is 2.47. The molecule has 0 aromatic heterocycles. The second-order valence-electron chi connectivity index (χ2n) is 6.47. The van der Waals surface area contributed by atoms with E-state index in [-0.39, 0.29) is 5.04 Å². The zero-order valence-corrected chi connectivity index (χ0v) is 14.6. The summed E-state index contributed by atoms with van der Waals surface area (Å²) < 4.78 is 6.51.